The SMILES string of the molecule is CCCCN(CC)S(=O)(=O)c1ccc(Br)c(C(=O)O)c1. The molecule has 0 unspecified atom stereocenters. The minimum absolute atomic E-state index is 0.0102. The standard InChI is InChI=1S/C13H18BrNO4S/c1-3-5-8-15(4-2)20(18,19)10-6-7-12(14)11(9-10)13(16)17/h6-7,9H,3-5,8H2,1-2H3,(H,16,17). The molecule has 1 rings (SSSR count). The Morgan fingerprint density at radius 2 is 2.00 bits per heavy atom. The molecule has 1 aromatic carbocycles. The van der Waals surface area contributed by atoms with Crippen LogP contribution in [-0.2, 0) is 10.0 Å². The molecule has 0 spiro atoms. The van der Waals surface area contributed by atoms with E-state index in [1.807, 2.05) is 6.92 Å². The first kappa shape index (κ1) is 17.1. The highest BCUT2D eigenvalue weighted by Crippen LogP contribution is 2.23. The maximum atomic E-state index is 12.5. The Kier molecular flexibility index (Phi) is 6.16. The summed E-state index contributed by atoms with van der Waals surface area (Å²) in [5, 5.41) is 9.05. The minimum atomic E-state index is -3.65. The largest absolute Gasteiger partial charge is 0.478 e. The summed E-state index contributed by atoms with van der Waals surface area (Å²) in [6.45, 7) is 4.56. The van der Waals surface area contributed by atoms with Crippen molar-refractivity contribution in [2.24, 2.45) is 0 Å². The predicted molar refractivity (Wildman–Crippen MR) is 80.4 cm³/mol. The lowest BCUT2D eigenvalue weighted by Gasteiger charge is -2.20. The summed E-state index contributed by atoms with van der Waals surface area (Å²) < 4.78 is 26.7. The van der Waals surface area contributed by atoms with Gasteiger partial charge in [0, 0.05) is 17.6 Å². The fraction of sp³-hybridized carbons (Fsp3) is 0.462. The van der Waals surface area contributed by atoms with Crippen molar-refractivity contribution in [1.82, 2.24) is 4.31 Å². The van der Waals surface area contributed by atoms with Crippen LogP contribution in [0.15, 0.2) is 27.6 Å². The third-order valence-electron chi connectivity index (χ3n) is 2.92. The number of carboxylic acids is 1. The van der Waals surface area contributed by atoms with Crippen LogP contribution >= 0.6 is 15.9 Å². The molecule has 0 aliphatic heterocycles. The van der Waals surface area contributed by atoms with E-state index >= 15 is 0 Å². The summed E-state index contributed by atoms with van der Waals surface area (Å²) in [4.78, 5) is 11.1. The van der Waals surface area contributed by atoms with Gasteiger partial charge in [0.15, 0.2) is 0 Å². The van der Waals surface area contributed by atoms with E-state index in [2.05, 4.69) is 15.9 Å². The van der Waals surface area contributed by atoms with Crippen molar-refractivity contribution >= 4 is 31.9 Å². The van der Waals surface area contributed by atoms with Crippen molar-refractivity contribution < 1.29 is 18.3 Å². The maximum Gasteiger partial charge on any atom is 0.336 e. The highest BCUT2D eigenvalue weighted by molar-refractivity contribution is 9.10. The second-order valence-electron chi connectivity index (χ2n) is 4.30. The van der Waals surface area contributed by atoms with Crippen molar-refractivity contribution in [2.75, 3.05) is 13.1 Å². The summed E-state index contributed by atoms with van der Waals surface area (Å²) in [6.07, 6.45) is 1.67. The van der Waals surface area contributed by atoms with Gasteiger partial charge in [-0.3, -0.25) is 0 Å². The quantitative estimate of drug-likeness (QED) is 0.807. The number of benzene rings is 1. The Labute approximate surface area is 127 Å². The van der Waals surface area contributed by atoms with Crippen LogP contribution in [0.1, 0.15) is 37.0 Å². The van der Waals surface area contributed by atoms with Crippen LogP contribution in [0.25, 0.3) is 0 Å². The molecule has 20 heavy (non-hydrogen) atoms. The van der Waals surface area contributed by atoms with Gasteiger partial charge < -0.3 is 5.11 Å². The second-order valence-corrected chi connectivity index (χ2v) is 7.09. The van der Waals surface area contributed by atoms with Crippen LogP contribution in [0.3, 0.4) is 0 Å². The van der Waals surface area contributed by atoms with Gasteiger partial charge in [0.2, 0.25) is 10.0 Å². The van der Waals surface area contributed by atoms with Crippen molar-refractivity contribution in [2.45, 2.75) is 31.6 Å². The van der Waals surface area contributed by atoms with Gasteiger partial charge in [0.25, 0.3) is 0 Å². The van der Waals surface area contributed by atoms with Crippen LogP contribution in [0, 0.1) is 0 Å². The second kappa shape index (κ2) is 7.19. The molecule has 0 aliphatic rings. The van der Waals surface area contributed by atoms with Crippen LogP contribution in [-0.4, -0.2) is 36.9 Å². The minimum Gasteiger partial charge on any atom is -0.478 e. The number of unbranched alkanes of at least 4 members (excludes halogenated alkanes) is 1. The Morgan fingerprint density at radius 1 is 1.35 bits per heavy atom. The van der Waals surface area contributed by atoms with Crippen molar-refractivity contribution in [3.8, 4) is 0 Å². The first-order chi connectivity index (χ1) is 9.34. The van der Waals surface area contributed by atoms with Crippen LogP contribution in [0.2, 0.25) is 0 Å². The molecule has 7 heteroatoms. The molecule has 0 fully saturated rings. The van der Waals surface area contributed by atoms with Crippen molar-refractivity contribution in [3.63, 3.8) is 0 Å². The summed E-state index contributed by atoms with van der Waals surface area (Å²) in [5.41, 5.74) is -0.0578. The Hall–Kier alpha value is -0.920. The molecular formula is C13H18BrNO4S. The number of carboxylic acid groups (broad SMARTS) is 1. The fourth-order valence-corrected chi connectivity index (χ4v) is 3.69. The lowest BCUT2D eigenvalue weighted by atomic mass is 10.2. The number of aromatic carboxylic acids is 1. The fourth-order valence-electron chi connectivity index (χ4n) is 1.76. The van der Waals surface area contributed by atoms with Gasteiger partial charge in [-0.1, -0.05) is 20.3 Å². The van der Waals surface area contributed by atoms with Gasteiger partial charge >= 0.3 is 5.97 Å². The molecule has 5 nitrogen and oxygen atoms in total. The zero-order chi connectivity index (χ0) is 15.3. The number of carbonyl (C=O) groups is 1. The lowest BCUT2D eigenvalue weighted by Crippen LogP contribution is -2.32. The monoisotopic (exact) mass is 363 g/mol. The molecule has 1 aromatic rings. The molecular weight excluding hydrogens is 346 g/mol. The van der Waals surface area contributed by atoms with Gasteiger partial charge in [-0.25, -0.2) is 13.2 Å². The van der Waals surface area contributed by atoms with Gasteiger partial charge in [-0.15, -0.1) is 0 Å². The molecule has 0 aromatic heterocycles. The molecule has 0 bridgehead atoms. The summed E-state index contributed by atoms with van der Waals surface area (Å²) in [7, 11) is -3.65. The average molecular weight is 364 g/mol. The number of rotatable bonds is 7. The van der Waals surface area contributed by atoms with E-state index in [0.717, 1.165) is 12.8 Å². The van der Waals surface area contributed by atoms with Crippen molar-refractivity contribution in [3.05, 3.63) is 28.2 Å². The van der Waals surface area contributed by atoms with Gasteiger partial charge in [0.1, 0.15) is 0 Å². The molecule has 1 N–H and O–H groups in total. The third-order valence-corrected chi connectivity index (χ3v) is 5.58. The van der Waals surface area contributed by atoms with E-state index in [4.69, 9.17) is 5.11 Å². The molecule has 0 atom stereocenters. The highest BCUT2D eigenvalue weighted by Gasteiger charge is 2.24. The van der Waals surface area contributed by atoms with Gasteiger partial charge in [-0.05, 0) is 40.5 Å². The lowest BCUT2D eigenvalue weighted by molar-refractivity contribution is 0.0695. The normalized spacial score (nSPS) is 11.8. The van der Waals surface area contributed by atoms with Gasteiger partial charge in [-0.2, -0.15) is 4.31 Å². The molecule has 0 saturated heterocycles. The number of hydrogen-bond donors (Lipinski definition) is 1. The van der Waals surface area contributed by atoms with E-state index < -0.39 is 16.0 Å². The van der Waals surface area contributed by atoms with E-state index in [0.29, 0.717) is 17.6 Å². The number of halogens is 1. The van der Waals surface area contributed by atoms with Crippen molar-refractivity contribution in [1.29, 1.82) is 0 Å². The molecule has 0 saturated carbocycles. The first-order valence-corrected chi connectivity index (χ1v) is 8.60. The van der Waals surface area contributed by atoms with E-state index in [1.165, 1.54) is 22.5 Å². The van der Waals surface area contributed by atoms with Crippen LogP contribution < -0.4 is 0 Å². The number of sulfonamides is 1. The topological polar surface area (TPSA) is 74.7 Å². The predicted octanol–water partition coefficient (Wildman–Crippen LogP) is 2.96. The Balaban J connectivity index is 3.20. The number of nitrogens with zero attached hydrogens (tertiary/aromatic N) is 1. The Morgan fingerprint density at radius 3 is 2.50 bits per heavy atom. The first-order valence-electron chi connectivity index (χ1n) is 6.37. The summed E-state index contributed by atoms with van der Waals surface area (Å²) in [5.74, 6) is -1.16. The van der Waals surface area contributed by atoms with Crippen LogP contribution in [0.4, 0.5) is 0 Å². The summed E-state index contributed by atoms with van der Waals surface area (Å²) >= 11 is 3.10. The molecule has 0 heterocycles. The van der Waals surface area contributed by atoms with Crippen LogP contribution in [0.5, 0.6) is 0 Å². The van der Waals surface area contributed by atoms with Gasteiger partial charge in [0.05, 0.1) is 10.5 Å². The average Bonchev–Trinajstić information content (AvgIpc) is 2.39. The van der Waals surface area contributed by atoms with E-state index in [9.17, 15) is 13.2 Å². The Bertz CT molecular complexity index is 586. The zero-order valence-electron chi connectivity index (χ0n) is 11.5. The molecule has 0 amide bonds. The van der Waals surface area contributed by atoms with E-state index in [-0.39, 0.29) is 10.5 Å². The molecule has 112 valence electrons. The maximum absolute atomic E-state index is 12.5. The zero-order valence-corrected chi connectivity index (χ0v) is 13.9. The highest BCUT2D eigenvalue weighted by atomic mass is 79.9. The van der Waals surface area contributed by atoms with E-state index in [1.54, 1.807) is 6.92 Å². The smallest absolute Gasteiger partial charge is 0.336 e. The molecule has 0 aliphatic carbocycles. The molecule has 0 radical (unpaired) electrons. The third kappa shape index (κ3) is 3.80. The summed E-state index contributed by atoms with van der Waals surface area (Å²) in [6, 6.07) is 4.06. The number of hydrogen-bond acceptors (Lipinski definition) is 3.